The van der Waals surface area contributed by atoms with Crippen LogP contribution in [-0.4, -0.2) is 37.0 Å². The minimum absolute atomic E-state index is 0.215. The lowest BCUT2D eigenvalue weighted by atomic mass is 10.2. The molecule has 1 aliphatic rings. The molecule has 94 valence electrons. The molecule has 0 aromatic carbocycles. The molecule has 0 saturated carbocycles. The molecule has 0 aliphatic carbocycles. The third-order valence-corrected chi connectivity index (χ3v) is 4.52. The van der Waals surface area contributed by atoms with Crippen molar-refractivity contribution >= 4 is 17.2 Å². The Morgan fingerprint density at radius 3 is 3.06 bits per heavy atom. The molecular formula is C13H20N2OS. The molecule has 1 N–H and O–H groups in total. The molecule has 1 atom stereocenters. The van der Waals surface area contributed by atoms with Crippen LogP contribution in [-0.2, 0) is 6.42 Å². The van der Waals surface area contributed by atoms with Gasteiger partial charge in [0.05, 0.1) is 4.88 Å². The molecule has 2 heterocycles. The Morgan fingerprint density at radius 2 is 2.41 bits per heavy atom. The molecule has 3 nitrogen and oxygen atoms in total. The van der Waals surface area contributed by atoms with E-state index in [1.54, 1.807) is 11.3 Å². The van der Waals surface area contributed by atoms with Gasteiger partial charge in [0.25, 0.3) is 5.91 Å². The lowest BCUT2D eigenvalue weighted by molar-refractivity contribution is 0.0742. The van der Waals surface area contributed by atoms with Crippen molar-refractivity contribution < 1.29 is 4.79 Å². The highest BCUT2D eigenvalue weighted by Gasteiger charge is 2.29. The SMILES string of the molecule is CCc1ccc(C(=O)N2CCC[C@H]2CNC)s1. The molecule has 4 heteroatoms. The largest absolute Gasteiger partial charge is 0.334 e. The highest BCUT2D eigenvalue weighted by atomic mass is 32.1. The Hall–Kier alpha value is -0.870. The highest BCUT2D eigenvalue weighted by Crippen LogP contribution is 2.24. The van der Waals surface area contributed by atoms with Crippen molar-refractivity contribution in [1.82, 2.24) is 10.2 Å². The van der Waals surface area contributed by atoms with E-state index in [2.05, 4.69) is 18.3 Å². The number of hydrogen-bond acceptors (Lipinski definition) is 3. The number of likely N-dealkylation sites (tertiary alicyclic amines) is 1. The van der Waals surface area contributed by atoms with Crippen molar-refractivity contribution in [1.29, 1.82) is 0 Å². The fourth-order valence-electron chi connectivity index (χ4n) is 2.38. The third-order valence-electron chi connectivity index (χ3n) is 3.30. The van der Waals surface area contributed by atoms with Crippen LogP contribution < -0.4 is 5.32 Å². The van der Waals surface area contributed by atoms with Crippen molar-refractivity contribution in [3.8, 4) is 0 Å². The average Bonchev–Trinajstić information content (AvgIpc) is 2.97. The summed E-state index contributed by atoms with van der Waals surface area (Å²) in [4.78, 5) is 16.6. The topological polar surface area (TPSA) is 32.3 Å². The molecule has 1 aliphatic heterocycles. The standard InChI is InChI=1S/C13H20N2OS/c1-3-11-6-7-12(17-11)13(16)15-8-4-5-10(15)9-14-2/h6-7,10,14H,3-5,8-9H2,1-2H3/t10-/m0/s1. The lowest BCUT2D eigenvalue weighted by Gasteiger charge is -2.23. The fraction of sp³-hybridized carbons (Fsp3) is 0.615. The van der Waals surface area contributed by atoms with Crippen LogP contribution in [0.2, 0.25) is 0 Å². The van der Waals surface area contributed by atoms with E-state index in [1.165, 1.54) is 4.88 Å². The maximum atomic E-state index is 12.4. The summed E-state index contributed by atoms with van der Waals surface area (Å²) in [5, 5.41) is 3.17. The Labute approximate surface area is 107 Å². The number of hydrogen-bond donors (Lipinski definition) is 1. The van der Waals surface area contributed by atoms with E-state index >= 15 is 0 Å². The molecule has 17 heavy (non-hydrogen) atoms. The molecule has 0 radical (unpaired) electrons. The summed E-state index contributed by atoms with van der Waals surface area (Å²) in [6, 6.07) is 4.42. The van der Waals surface area contributed by atoms with Crippen LogP contribution in [0.15, 0.2) is 12.1 Å². The molecule has 1 aromatic rings. The zero-order chi connectivity index (χ0) is 12.3. The second-order valence-electron chi connectivity index (χ2n) is 4.47. The zero-order valence-corrected chi connectivity index (χ0v) is 11.3. The van der Waals surface area contributed by atoms with E-state index in [9.17, 15) is 4.79 Å². The van der Waals surface area contributed by atoms with Gasteiger partial charge < -0.3 is 10.2 Å². The summed E-state index contributed by atoms with van der Waals surface area (Å²) >= 11 is 1.64. The van der Waals surface area contributed by atoms with Crippen LogP contribution >= 0.6 is 11.3 Å². The van der Waals surface area contributed by atoms with E-state index in [4.69, 9.17) is 0 Å². The summed E-state index contributed by atoms with van der Waals surface area (Å²) in [5.74, 6) is 0.215. The molecular weight excluding hydrogens is 232 g/mol. The van der Waals surface area contributed by atoms with Gasteiger partial charge >= 0.3 is 0 Å². The number of rotatable bonds is 4. The van der Waals surface area contributed by atoms with Crippen LogP contribution in [0.5, 0.6) is 0 Å². The predicted octanol–water partition coefficient (Wildman–Crippen LogP) is 2.13. The first-order valence-electron chi connectivity index (χ1n) is 6.30. The van der Waals surface area contributed by atoms with Gasteiger partial charge in [-0.25, -0.2) is 0 Å². The van der Waals surface area contributed by atoms with Crippen molar-refractivity contribution in [2.45, 2.75) is 32.2 Å². The first-order valence-corrected chi connectivity index (χ1v) is 7.12. The number of aryl methyl sites for hydroxylation is 1. The van der Waals surface area contributed by atoms with Gasteiger partial charge in [-0.2, -0.15) is 0 Å². The Balaban J connectivity index is 2.08. The highest BCUT2D eigenvalue weighted by molar-refractivity contribution is 7.14. The summed E-state index contributed by atoms with van der Waals surface area (Å²) in [6.45, 7) is 3.93. The molecule has 0 spiro atoms. The van der Waals surface area contributed by atoms with Crippen molar-refractivity contribution in [3.63, 3.8) is 0 Å². The number of carbonyl (C=O) groups excluding carboxylic acids is 1. The van der Waals surface area contributed by atoms with Crippen LogP contribution in [0, 0.1) is 0 Å². The summed E-state index contributed by atoms with van der Waals surface area (Å²) in [7, 11) is 1.95. The quantitative estimate of drug-likeness (QED) is 0.890. The smallest absolute Gasteiger partial charge is 0.264 e. The molecule has 2 rings (SSSR count). The van der Waals surface area contributed by atoms with E-state index in [-0.39, 0.29) is 5.91 Å². The Morgan fingerprint density at radius 1 is 1.59 bits per heavy atom. The Bertz CT molecular complexity index is 389. The van der Waals surface area contributed by atoms with E-state index < -0.39 is 0 Å². The molecule has 1 saturated heterocycles. The normalized spacial score (nSPS) is 19.9. The fourth-order valence-corrected chi connectivity index (χ4v) is 3.28. The number of nitrogens with one attached hydrogen (secondary N) is 1. The zero-order valence-electron chi connectivity index (χ0n) is 10.5. The van der Waals surface area contributed by atoms with Gasteiger partial charge in [-0.15, -0.1) is 11.3 Å². The van der Waals surface area contributed by atoms with Gasteiger partial charge in [0, 0.05) is 24.0 Å². The van der Waals surface area contributed by atoms with Gasteiger partial charge in [0.15, 0.2) is 0 Å². The third kappa shape index (κ3) is 2.69. The molecule has 0 bridgehead atoms. The summed E-state index contributed by atoms with van der Waals surface area (Å²) < 4.78 is 0. The van der Waals surface area contributed by atoms with Gasteiger partial charge in [0.2, 0.25) is 0 Å². The van der Waals surface area contributed by atoms with Gasteiger partial charge in [-0.1, -0.05) is 6.92 Å². The van der Waals surface area contributed by atoms with Crippen LogP contribution in [0.4, 0.5) is 0 Å². The number of likely N-dealkylation sites (N-methyl/N-ethyl adjacent to an activating group) is 1. The van der Waals surface area contributed by atoms with Gasteiger partial charge in [-0.3, -0.25) is 4.79 Å². The molecule has 1 fully saturated rings. The molecule has 1 amide bonds. The second kappa shape index (κ2) is 5.65. The minimum atomic E-state index is 0.215. The van der Waals surface area contributed by atoms with E-state index in [0.717, 1.165) is 37.2 Å². The van der Waals surface area contributed by atoms with Crippen molar-refractivity contribution in [2.75, 3.05) is 20.1 Å². The Kier molecular flexibility index (Phi) is 4.18. The number of thiophene rings is 1. The van der Waals surface area contributed by atoms with Gasteiger partial charge in [0.1, 0.15) is 0 Å². The van der Waals surface area contributed by atoms with Crippen LogP contribution in [0.3, 0.4) is 0 Å². The number of amides is 1. The molecule has 0 unspecified atom stereocenters. The monoisotopic (exact) mass is 252 g/mol. The predicted molar refractivity (Wildman–Crippen MR) is 71.7 cm³/mol. The van der Waals surface area contributed by atoms with Gasteiger partial charge in [-0.05, 0) is 38.4 Å². The summed E-state index contributed by atoms with van der Waals surface area (Å²) in [5.41, 5.74) is 0. The maximum Gasteiger partial charge on any atom is 0.264 e. The summed E-state index contributed by atoms with van der Waals surface area (Å²) in [6.07, 6.45) is 3.26. The van der Waals surface area contributed by atoms with Crippen molar-refractivity contribution in [3.05, 3.63) is 21.9 Å². The minimum Gasteiger partial charge on any atom is -0.334 e. The van der Waals surface area contributed by atoms with Crippen LogP contribution in [0.25, 0.3) is 0 Å². The maximum absolute atomic E-state index is 12.4. The van der Waals surface area contributed by atoms with E-state index in [0.29, 0.717) is 6.04 Å². The van der Waals surface area contributed by atoms with E-state index in [1.807, 2.05) is 18.0 Å². The molecule has 1 aromatic heterocycles. The number of nitrogens with zero attached hydrogens (tertiary/aromatic N) is 1. The first kappa shape index (κ1) is 12.6. The number of carbonyl (C=O) groups is 1. The lowest BCUT2D eigenvalue weighted by Crippen LogP contribution is -2.40. The first-order chi connectivity index (χ1) is 8.26. The average molecular weight is 252 g/mol. The van der Waals surface area contributed by atoms with Crippen molar-refractivity contribution in [2.24, 2.45) is 0 Å². The van der Waals surface area contributed by atoms with Crippen LogP contribution in [0.1, 0.15) is 34.3 Å². The second-order valence-corrected chi connectivity index (χ2v) is 5.64.